The summed E-state index contributed by atoms with van der Waals surface area (Å²) in [4.78, 5) is 12.7. The summed E-state index contributed by atoms with van der Waals surface area (Å²) in [6.07, 6.45) is 2.78. The van der Waals surface area contributed by atoms with Crippen LogP contribution in [0.1, 0.15) is 48.0 Å². The summed E-state index contributed by atoms with van der Waals surface area (Å²) < 4.78 is 5.86. The summed E-state index contributed by atoms with van der Waals surface area (Å²) in [5.41, 5.74) is 2.17. The Morgan fingerprint density at radius 1 is 1.07 bits per heavy atom. The molecule has 1 aliphatic carbocycles. The minimum atomic E-state index is -0.401. The van der Waals surface area contributed by atoms with Crippen LogP contribution in [0.2, 0.25) is 0 Å². The van der Waals surface area contributed by atoms with E-state index in [2.05, 4.69) is 34.6 Å². The molecule has 6 heteroatoms. The Bertz CT molecular complexity index is 910. The molecule has 3 aromatic rings. The van der Waals surface area contributed by atoms with E-state index >= 15 is 0 Å². The SMILES string of the molecule is CC(Cc1nnc(SC(C(=O)NC2CC2)c2ccccc2)o1)c1ccccc1. The quantitative estimate of drug-likeness (QED) is 0.570. The highest BCUT2D eigenvalue weighted by atomic mass is 32.2. The Labute approximate surface area is 168 Å². The van der Waals surface area contributed by atoms with Crippen LogP contribution in [0.4, 0.5) is 0 Å². The number of nitrogens with zero attached hydrogens (tertiary/aromatic N) is 2. The lowest BCUT2D eigenvalue weighted by atomic mass is 9.98. The highest BCUT2D eigenvalue weighted by molar-refractivity contribution is 8.00. The number of hydrogen-bond acceptors (Lipinski definition) is 5. The number of hydrogen-bond donors (Lipinski definition) is 1. The Morgan fingerprint density at radius 3 is 2.36 bits per heavy atom. The van der Waals surface area contributed by atoms with Crippen molar-refractivity contribution < 1.29 is 9.21 Å². The zero-order chi connectivity index (χ0) is 19.3. The summed E-state index contributed by atoms with van der Waals surface area (Å²) in [6.45, 7) is 2.14. The van der Waals surface area contributed by atoms with E-state index in [1.54, 1.807) is 0 Å². The van der Waals surface area contributed by atoms with Gasteiger partial charge in [0.1, 0.15) is 5.25 Å². The molecule has 1 fully saturated rings. The summed E-state index contributed by atoms with van der Waals surface area (Å²) in [7, 11) is 0. The van der Waals surface area contributed by atoms with Gasteiger partial charge in [0.25, 0.3) is 5.22 Å². The maximum Gasteiger partial charge on any atom is 0.277 e. The number of thioether (sulfide) groups is 1. The first-order chi connectivity index (χ1) is 13.7. The second kappa shape index (κ2) is 8.61. The van der Waals surface area contributed by atoms with Gasteiger partial charge in [-0.3, -0.25) is 4.79 Å². The van der Waals surface area contributed by atoms with E-state index in [0.29, 0.717) is 23.6 Å². The molecular formula is C22H23N3O2S. The molecular weight excluding hydrogens is 370 g/mol. The van der Waals surface area contributed by atoms with Crippen LogP contribution in [0.25, 0.3) is 0 Å². The van der Waals surface area contributed by atoms with Gasteiger partial charge in [-0.2, -0.15) is 0 Å². The molecule has 2 unspecified atom stereocenters. The third-order valence-corrected chi connectivity index (χ3v) is 5.87. The maximum absolute atomic E-state index is 12.7. The van der Waals surface area contributed by atoms with Crippen molar-refractivity contribution in [1.29, 1.82) is 0 Å². The van der Waals surface area contributed by atoms with E-state index in [1.165, 1.54) is 17.3 Å². The molecule has 2 aromatic carbocycles. The number of benzene rings is 2. The number of amides is 1. The highest BCUT2D eigenvalue weighted by Gasteiger charge is 2.30. The molecule has 1 saturated carbocycles. The molecule has 1 amide bonds. The Kier molecular flexibility index (Phi) is 5.76. The molecule has 144 valence electrons. The van der Waals surface area contributed by atoms with E-state index in [4.69, 9.17) is 4.42 Å². The molecule has 1 N–H and O–H groups in total. The summed E-state index contributed by atoms with van der Waals surface area (Å²) in [6, 6.07) is 20.3. The highest BCUT2D eigenvalue weighted by Crippen LogP contribution is 2.36. The van der Waals surface area contributed by atoms with Crippen LogP contribution in [0, 0.1) is 0 Å². The molecule has 0 bridgehead atoms. The van der Waals surface area contributed by atoms with Gasteiger partial charge >= 0.3 is 0 Å². The van der Waals surface area contributed by atoms with E-state index < -0.39 is 5.25 Å². The standard InChI is InChI=1S/C22H23N3O2S/c1-15(16-8-4-2-5-9-16)14-19-24-25-22(27-19)28-20(17-10-6-3-7-11-17)21(26)23-18-12-13-18/h2-11,15,18,20H,12-14H2,1H3,(H,23,26). The molecule has 5 nitrogen and oxygen atoms in total. The third kappa shape index (κ3) is 4.81. The topological polar surface area (TPSA) is 68.0 Å². The normalized spacial score (nSPS) is 15.8. The summed E-state index contributed by atoms with van der Waals surface area (Å²) in [5, 5.41) is 11.5. The first kappa shape index (κ1) is 18.7. The molecule has 1 aromatic heterocycles. The number of nitrogens with one attached hydrogen (secondary N) is 1. The average Bonchev–Trinajstić information content (AvgIpc) is 3.44. The van der Waals surface area contributed by atoms with Crippen molar-refractivity contribution >= 4 is 17.7 Å². The van der Waals surface area contributed by atoms with Gasteiger partial charge in [0.15, 0.2) is 0 Å². The van der Waals surface area contributed by atoms with Crippen molar-refractivity contribution in [3.8, 4) is 0 Å². The maximum atomic E-state index is 12.7. The van der Waals surface area contributed by atoms with E-state index in [-0.39, 0.29) is 11.8 Å². The summed E-state index contributed by atoms with van der Waals surface area (Å²) in [5.74, 6) is 0.868. The molecule has 28 heavy (non-hydrogen) atoms. The Hall–Kier alpha value is -2.60. The van der Waals surface area contributed by atoms with Crippen LogP contribution in [-0.2, 0) is 11.2 Å². The first-order valence-electron chi connectivity index (χ1n) is 9.58. The fraction of sp³-hybridized carbons (Fsp3) is 0.318. The molecule has 0 radical (unpaired) electrons. The molecule has 2 atom stereocenters. The van der Waals surface area contributed by atoms with Gasteiger partial charge in [-0.05, 0) is 41.6 Å². The molecule has 1 heterocycles. The molecule has 0 saturated heterocycles. The lowest BCUT2D eigenvalue weighted by molar-refractivity contribution is -0.120. The number of carbonyl (C=O) groups excluding carboxylic acids is 1. The van der Waals surface area contributed by atoms with Gasteiger partial charge in [-0.15, -0.1) is 10.2 Å². The minimum absolute atomic E-state index is 0.00361. The number of carbonyl (C=O) groups is 1. The third-order valence-electron chi connectivity index (χ3n) is 4.78. The second-order valence-corrected chi connectivity index (χ2v) is 8.23. The predicted octanol–water partition coefficient (Wildman–Crippen LogP) is 4.53. The molecule has 0 spiro atoms. The lowest BCUT2D eigenvalue weighted by Crippen LogP contribution is -2.29. The van der Waals surface area contributed by atoms with Crippen molar-refractivity contribution in [1.82, 2.24) is 15.5 Å². The van der Waals surface area contributed by atoms with Gasteiger partial charge in [0, 0.05) is 12.5 Å². The van der Waals surface area contributed by atoms with Crippen LogP contribution in [0.15, 0.2) is 70.3 Å². The van der Waals surface area contributed by atoms with Crippen LogP contribution >= 0.6 is 11.8 Å². The lowest BCUT2D eigenvalue weighted by Gasteiger charge is -2.14. The van der Waals surface area contributed by atoms with Crippen LogP contribution < -0.4 is 5.32 Å². The predicted molar refractivity (Wildman–Crippen MR) is 109 cm³/mol. The van der Waals surface area contributed by atoms with Crippen molar-refractivity contribution in [3.05, 3.63) is 77.7 Å². The number of aromatic nitrogens is 2. The van der Waals surface area contributed by atoms with Crippen LogP contribution in [0.5, 0.6) is 0 Å². The smallest absolute Gasteiger partial charge is 0.277 e. The number of rotatable bonds is 8. The van der Waals surface area contributed by atoms with Crippen LogP contribution in [-0.4, -0.2) is 22.1 Å². The van der Waals surface area contributed by atoms with Crippen molar-refractivity contribution in [2.75, 3.05) is 0 Å². The van der Waals surface area contributed by atoms with E-state index in [9.17, 15) is 4.79 Å². The largest absolute Gasteiger partial charge is 0.416 e. The minimum Gasteiger partial charge on any atom is -0.416 e. The first-order valence-corrected chi connectivity index (χ1v) is 10.5. The second-order valence-electron chi connectivity index (χ2n) is 7.17. The molecule has 4 rings (SSSR count). The van der Waals surface area contributed by atoms with Crippen molar-refractivity contribution in [2.24, 2.45) is 0 Å². The van der Waals surface area contributed by atoms with Gasteiger partial charge in [-0.25, -0.2) is 0 Å². The van der Waals surface area contributed by atoms with Gasteiger partial charge in [0.05, 0.1) is 0 Å². The summed E-state index contributed by atoms with van der Waals surface area (Å²) >= 11 is 1.31. The van der Waals surface area contributed by atoms with Crippen molar-refractivity contribution in [3.63, 3.8) is 0 Å². The van der Waals surface area contributed by atoms with Gasteiger partial charge < -0.3 is 9.73 Å². The van der Waals surface area contributed by atoms with Gasteiger partial charge in [0.2, 0.25) is 11.8 Å². The van der Waals surface area contributed by atoms with Gasteiger partial charge in [-0.1, -0.05) is 67.6 Å². The monoisotopic (exact) mass is 393 g/mol. The fourth-order valence-corrected chi connectivity index (χ4v) is 3.94. The Balaban J connectivity index is 1.46. The zero-order valence-electron chi connectivity index (χ0n) is 15.7. The zero-order valence-corrected chi connectivity index (χ0v) is 16.6. The van der Waals surface area contributed by atoms with E-state index in [1.807, 2.05) is 48.5 Å². The Morgan fingerprint density at radius 2 is 1.71 bits per heavy atom. The fourth-order valence-electron chi connectivity index (χ4n) is 3.04. The molecule has 0 aliphatic heterocycles. The van der Waals surface area contributed by atoms with Crippen LogP contribution in [0.3, 0.4) is 0 Å². The van der Waals surface area contributed by atoms with Crippen molar-refractivity contribution in [2.45, 2.75) is 48.6 Å². The average molecular weight is 394 g/mol. The van der Waals surface area contributed by atoms with E-state index in [0.717, 1.165) is 18.4 Å². The molecule has 1 aliphatic rings.